The zero-order valence-corrected chi connectivity index (χ0v) is 14.8. The predicted molar refractivity (Wildman–Crippen MR) is 88.4 cm³/mol. The van der Waals surface area contributed by atoms with E-state index in [1.54, 1.807) is 11.6 Å². The molecule has 1 fully saturated rings. The number of nitrogens with zero attached hydrogens (tertiary/aromatic N) is 2. The summed E-state index contributed by atoms with van der Waals surface area (Å²) in [4.78, 5) is 0.0556. The lowest BCUT2D eigenvalue weighted by Crippen LogP contribution is -2.17. The summed E-state index contributed by atoms with van der Waals surface area (Å²) in [6.07, 6.45) is 0.831. The topological polar surface area (TPSA) is 73.2 Å². The number of hydrogen-bond acceptors (Lipinski definition) is 4. The molecule has 1 aromatic carbocycles. The van der Waals surface area contributed by atoms with Crippen molar-refractivity contribution in [1.82, 2.24) is 9.78 Å². The molecule has 0 aliphatic heterocycles. The lowest BCUT2D eigenvalue weighted by molar-refractivity contribution is -0.274. The minimum absolute atomic E-state index is 0.0556. The molecule has 0 unspecified atom stereocenters. The molecule has 0 radical (unpaired) electrons. The van der Waals surface area contributed by atoms with E-state index in [1.165, 1.54) is 18.3 Å². The number of hydrogen-bond donors (Lipinski definition) is 1. The highest BCUT2D eigenvalue weighted by atomic mass is 32.2. The molecule has 1 N–H and O–H groups in total. The number of ether oxygens (including phenoxy) is 1. The Balaban J connectivity index is 1.76. The van der Waals surface area contributed by atoms with Crippen LogP contribution in [0.5, 0.6) is 5.75 Å². The highest BCUT2D eigenvalue weighted by molar-refractivity contribution is 7.92. The Morgan fingerprint density at radius 2 is 1.81 bits per heavy atom. The molecule has 0 atom stereocenters. The standard InChI is InChI=1S/C16H18F3N3O3S/c1-11-15(10-22(20-11)13-4-2-3-5-13)26(23,24)21-12-6-8-14(9-7-12)25-16(17,18)19/h6-10,13,21H,2-5H2,1H3. The number of nitrogens with one attached hydrogen (secondary N) is 1. The van der Waals surface area contributed by atoms with Crippen LogP contribution in [-0.2, 0) is 10.0 Å². The van der Waals surface area contributed by atoms with Crippen molar-refractivity contribution in [2.24, 2.45) is 0 Å². The predicted octanol–water partition coefficient (Wildman–Crippen LogP) is 4.01. The van der Waals surface area contributed by atoms with Crippen LogP contribution in [0.2, 0.25) is 0 Å². The van der Waals surface area contributed by atoms with Crippen LogP contribution in [0.1, 0.15) is 37.4 Å². The molecule has 0 spiro atoms. The van der Waals surface area contributed by atoms with Crippen molar-refractivity contribution in [2.75, 3.05) is 4.72 Å². The molecule has 2 aromatic rings. The fraction of sp³-hybridized carbons (Fsp3) is 0.438. The van der Waals surface area contributed by atoms with Gasteiger partial charge in [0.05, 0.1) is 11.7 Å². The highest BCUT2D eigenvalue weighted by Crippen LogP contribution is 2.31. The fourth-order valence-corrected chi connectivity index (χ4v) is 4.25. The molecule has 0 amide bonds. The van der Waals surface area contributed by atoms with Crippen molar-refractivity contribution in [3.05, 3.63) is 36.2 Å². The Morgan fingerprint density at radius 3 is 2.38 bits per heavy atom. The maximum atomic E-state index is 12.6. The number of rotatable bonds is 5. The van der Waals surface area contributed by atoms with Crippen LogP contribution in [0, 0.1) is 6.92 Å². The van der Waals surface area contributed by atoms with Gasteiger partial charge in [0.25, 0.3) is 10.0 Å². The quantitative estimate of drug-likeness (QED) is 0.839. The largest absolute Gasteiger partial charge is 0.573 e. The van der Waals surface area contributed by atoms with Gasteiger partial charge in [-0.15, -0.1) is 13.2 Å². The minimum Gasteiger partial charge on any atom is -0.406 e. The summed E-state index contributed by atoms with van der Waals surface area (Å²) in [6.45, 7) is 1.61. The van der Waals surface area contributed by atoms with Gasteiger partial charge in [-0.2, -0.15) is 5.10 Å². The molecule has 1 saturated carbocycles. The lowest BCUT2D eigenvalue weighted by Gasteiger charge is -2.11. The third kappa shape index (κ3) is 4.29. The third-order valence-corrected chi connectivity index (χ3v) is 5.68. The van der Waals surface area contributed by atoms with Gasteiger partial charge in [0, 0.05) is 11.9 Å². The van der Waals surface area contributed by atoms with Gasteiger partial charge in [-0.05, 0) is 44.0 Å². The van der Waals surface area contributed by atoms with Crippen LogP contribution >= 0.6 is 0 Å². The molecular formula is C16H18F3N3O3S. The summed E-state index contributed by atoms with van der Waals surface area (Å²) < 4.78 is 69.5. The van der Waals surface area contributed by atoms with E-state index in [0.717, 1.165) is 37.8 Å². The summed E-state index contributed by atoms with van der Waals surface area (Å²) in [7, 11) is -3.90. The van der Waals surface area contributed by atoms with Crippen molar-refractivity contribution in [3.63, 3.8) is 0 Å². The summed E-state index contributed by atoms with van der Waals surface area (Å²) in [5.41, 5.74) is 0.508. The SMILES string of the molecule is Cc1nn(C2CCCC2)cc1S(=O)(=O)Nc1ccc(OC(F)(F)F)cc1. The Labute approximate surface area is 149 Å². The second-order valence-corrected chi connectivity index (χ2v) is 7.83. The molecule has 1 aromatic heterocycles. The van der Waals surface area contributed by atoms with Crippen molar-refractivity contribution in [1.29, 1.82) is 0 Å². The summed E-state index contributed by atoms with van der Waals surface area (Å²) >= 11 is 0. The van der Waals surface area contributed by atoms with E-state index in [0.29, 0.717) is 5.69 Å². The molecule has 1 heterocycles. The smallest absolute Gasteiger partial charge is 0.406 e. The normalized spacial score (nSPS) is 16.0. The van der Waals surface area contributed by atoms with Gasteiger partial charge in [0.15, 0.2) is 0 Å². The van der Waals surface area contributed by atoms with Gasteiger partial charge in [-0.3, -0.25) is 9.40 Å². The average Bonchev–Trinajstić information content (AvgIpc) is 3.17. The minimum atomic E-state index is -4.80. The van der Waals surface area contributed by atoms with Crippen LogP contribution in [-0.4, -0.2) is 24.6 Å². The van der Waals surface area contributed by atoms with Crippen LogP contribution < -0.4 is 9.46 Å². The van der Waals surface area contributed by atoms with Crippen LogP contribution in [0.3, 0.4) is 0 Å². The molecular weight excluding hydrogens is 371 g/mol. The van der Waals surface area contributed by atoms with Gasteiger partial charge < -0.3 is 4.74 Å². The second kappa shape index (κ2) is 6.82. The maximum absolute atomic E-state index is 12.6. The number of aryl methyl sites for hydroxylation is 1. The molecule has 0 saturated heterocycles. The van der Waals surface area contributed by atoms with Crippen molar-refractivity contribution in [3.8, 4) is 5.75 Å². The van der Waals surface area contributed by atoms with Crippen molar-refractivity contribution >= 4 is 15.7 Å². The van der Waals surface area contributed by atoms with Gasteiger partial charge in [-0.25, -0.2) is 8.42 Å². The van der Waals surface area contributed by atoms with Crippen LogP contribution in [0.25, 0.3) is 0 Å². The molecule has 142 valence electrons. The summed E-state index contributed by atoms with van der Waals surface area (Å²) in [6, 6.07) is 4.70. The Kier molecular flexibility index (Phi) is 4.87. The van der Waals surface area contributed by atoms with E-state index >= 15 is 0 Å². The molecule has 0 bridgehead atoms. The molecule has 1 aliphatic carbocycles. The second-order valence-electron chi connectivity index (χ2n) is 6.17. The number of alkyl halides is 3. The van der Waals surface area contributed by atoms with E-state index in [4.69, 9.17) is 0 Å². The van der Waals surface area contributed by atoms with Gasteiger partial charge >= 0.3 is 6.36 Å². The number of sulfonamides is 1. The van der Waals surface area contributed by atoms with Crippen molar-refractivity contribution < 1.29 is 26.3 Å². The molecule has 6 nitrogen and oxygen atoms in total. The summed E-state index contributed by atoms with van der Waals surface area (Å²) in [5.74, 6) is -0.425. The number of benzene rings is 1. The lowest BCUT2D eigenvalue weighted by atomic mass is 10.3. The van der Waals surface area contributed by atoms with Crippen LogP contribution in [0.15, 0.2) is 35.4 Å². The van der Waals surface area contributed by atoms with E-state index < -0.39 is 22.1 Å². The highest BCUT2D eigenvalue weighted by Gasteiger charge is 2.31. The molecule has 3 rings (SSSR count). The Morgan fingerprint density at radius 1 is 1.19 bits per heavy atom. The molecule has 1 aliphatic rings. The van der Waals surface area contributed by atoms with Crippen LogP contribution in [0.4, 0.5) is 18.9 Å². The Hall–Kier alpha value is -2.23. The average molecular weight is 389 g/mol. The van der Waals surface area contributed by atoms with E-state index in [2.05, 4.69) is 14.6 Å². The van der Waals surface area contributed by atoms with Crippen molar-refractivity contribution in [2.45, 2.75) is 49.9 Å². The first-order chi connectivity index (χ1) is 12.1. The zero-order chi connectivity index (χ0) is 18.9. The van der Waals surface area contributed by atoms with E-state index in [-0.39, 0.29) is 16.6 Å². The summed E-state index contributed by atoms with van der Waals surface area (Å²) in [5, 5.41) is 4.31. The van der Waals surface area contributed by atoms with E-state index in [1.807, 2.05) is 0 Å². The van der Waals surface area contributed by atoms with Gasteiger partial charge in [-0.1, -0.05) is 12.8 Å². The number of halogens is 3. The number of anilines is 1. The third-order valence-electron chi connectivity index (χ3n) is 4.20. The Bertz CT molecular complexity index is 870. The first kappa shape index (κ1) is 18.6. The zero-order valence-electron chi connectivity index (χ0n) is 14.0. The first-order valence-corrected chi connectivity index (χ1v) is 9.57. The van der Waals surface area contributed by atoms with Gasteiger partial charge in [0.2, 0.25) is 0 Å². The fourth-order valence-electron chi connectivity index (χ4n) is 3.02. The molecule has 10 heteroatoms. The number of aromatic nitrogens is 2. The van der Waals surface area contributed by atoms with E-state index in [9.17, 15) is 21.6 Å². The maximum Gasteiger partial charge on any atom is 0.573 e. The first-order valence-electron chi connectivity index (χ1n) is 8.08. The van der Waals surface area contributed by atoms with Gasteiger partial charge in [0.1, 0.15) is 10.6 Å². The monoisotopic (exact) mass is 389 g/mol. The molecule has 26 heavy (non-hydrogen) atoms.